The Hall–Kier alpha value is -0.730. The fourth-order valence-corrected chi connectivity index (χ4v) is 2.49. The van der Waals surface area contributed by atoms with Gasteiger partial charge in [-0.3, -0.25) is 0 Å². The van der Waals surface area contributed by atoms with E-state index >= 15 is 0 Å². The Labute approximate surface area is 125 Å². The van der Waals surface area contributed by atoms with Gasteiger partial charge in [0.1, 0.15) is 6.10 Å². The molecule has 0 N–H and O–H groups in total. The van der Waals surface area contributed by atoms with Crippen LogP contribution in [0, 0.1) is 5.92 Å². The molecule has 120 valence electrons. The normalized spacial score (nSPS) is 13.8. The number of ether oxygens (including phenoxy) is 2. The smallest absolute Gasteiger partial charge is 0.435 e. The summed E-state index contributed by atoms with van der Waals surface area (Å²) in [6.07, 6.45) is 10.6. The van der Waals surface area contributed by atoms with E-state index in [-0.39, 0.29) is 6.10 Å². The van der Waals surface area contributed by atoms with Crippen LogP contribution >= 0.6 is 0 Å². The summed E-state index contributed by atoms with van der Waals surface area (Å²) in [5, 5.41) is 0. The predicted octanol–water partition coefficient (Wildman–Crippen LogP) is 5.71. The molecule has 0 saturated heterocycles. The molecule has 3 nitrogen and oxygen atoms in total. The van der Waals surface area contributed by atoms with Gasteiger partial charge in [-0.05, 0) is 32.6 Å². The molecule has 0 saturated carbocycles. The number of hydrogen-bond donors (Lipinski definition) is 0. The van der Waals surface area contributed by atoms with Gasteiger partial charge in [0.15, 0.2) is 0 Å². The van der Waals surface area contributed by atoms with E-state index < -0.39 is 6.16 Å². The molecule has 0 heterocycles. The van der Waals surface area contributed by atoms with Crippen molar-refractivity contribution in [1.29, 1.82) is 0 Å². The van der Waals surface area contributed by atoms with Crippen molar-refractivity contribution in [1.82, 2.24) is 0 Å². The standard InChI is InChI=1S/C17H34O3/c1-5-8-10-11-12-14-16(13-9-6-2)15(4)20-17(18)19-7-3/h15-16H,5-14H2,1-4H3. The molecule has 0 radical (unpaired) electrons. The van der Waals surface area contributed by atoms with Crippen LogP contribution in [0.2, 0.25) is 0 Å². The highest BCUT2D eigenvalue weighted by Crippen LogP contribution is 2.23. The van der Waals surface area contributed by atoms with Gasteiger partial charge in [-0.15, -0.1) is 0 Å². The van der Waals surface area contributed by atoms with Crippen LogP contribution in [0.1, 0.15) is 85.5 Å². The molecule has 0 rings (SSSR count). The van der Waals surface area contributed by atoms with Crippen molar-refractivity contribution in [2.75, 3.05) is 6.61 Å². The molecule has 0 aromatic rings. The minimum atomic E-state index is -0.521. The summed E-state index contributed by atoms with van der Waals surface area (Å²) in [4.78, 5) is 11.4. The van der Waals surface area contributed by atoms with Gasteiger partial charge in [0.25, 0.3) is 0 Å². The van der Waals surface area contributed by atoms with Gasteiger partial charge in [-0.2, -0.15) is 0 Å². The van der Waals surface area contributed by atoms with Gasteiger partial charge in [0.2, 0.25) is 0 Å². The zero-order valence-electron chi connectivity index (χ0n) is 14.0. The third kappa shape index (κ3) is 10.1. The third-order valence-corrected chi connectivity index (χ3v) is 3.82. The molecule has 0 aliphatic rings. The summed E-state index contributed by atoms with van der Waals surface area (Å²) in [5.74, 6) is 0.473. The molecule has 0 aromatic heterocycles. The highest BCUT2D eigenvalue weighted by Gasteiger charge is 2.20. The molecule has 0 fully saturated rings. The van der Waals surface area contributed by atoms with Crippen molar-refractivity contribution in [2.45, 2.75) is 91.6 Å². The fraction of sp³-hybridized carbons (Fsp3) is 0.941. The van der Waals surface area contributed by atoms with Crippen molar-refractivity contribution >= 4 is 6.16 Å². The lowest BCUT2D eigenvalue weighted by Crippen LogP contribution is -2.25. The lowest BCUT2D eigenvalue weighted by molar-refractivity contribution is 0.00778. The maximum absolute atomic E-state index is 11.4. The monoisotopic (exact) mass is 286 g/mol. The molecule has 0 aliphatic carbocycles. The minimum absolute atomic E-state index is 0.0354. The maximum Gasteiger partial charge on any atom is 0.508 e. The molecule has 0 spiro atoms. The van der Waals surface area contributed by atoms with Gasteiger partial charge in [-0.1, -0.05) is 58.8 Å². The third-order valence-electron chi connectivity index (χ3n) is 3.82. The molecule has 0 amide bonds. The van der Waals surface area contributed by atoms with Gasteiger partial charge in [-0.25, -0.2) is 4.79 Å². The van der Waals surface area contributed by atoms with E-state index in [0.29, 0.717) is 12.5 Å². The Morgan fingerprint density at radius 2 is 1.50 bits per heavy atom. The van der Waals surface area contributed by atoms with E-state index in [1.807, 2.05) is 6.92 Å². The van der Waals surface area contributed by atoms with Crippen LogP contribution in [0.5, 0.6) is 0 Å². The summed E-state index contributed by atoms with van der Waals surface area (Å²) >= 11 is 0. The molecular weight excluding hydrogens is 252 g/mol. The van der Waals surface area contributed by atoms with Crippen LogP contribution in [0.4, 0.5) is 4.79 Å². The zero-order chi connectivity index (χ0) is 15.2. The van der Waals surface area contributed by atoms with E-state index in [0.717, 1.165) is 12.8 Å². The summed E-state index contributed by atoms with van der Waals surface area (Å²) in [6, 6.07) is 0. The van der Waals surface area contributed by atoms with E-state index in [1.54, 1.807) is 6.92 Å². The van der Waals surface area contributed by atoms with Gasteiger partial charge >= 0.3 is 6.16 Å². The van der Waals surface area contributed by atoms with Gasteiger partial charge in [0.05, 0.1) is 6.61 Å². The molecule has 0 aliphatic heterocycles. The van der Waals surface area contributed by atoms with E-state index in [1.165, 1.54) is 44.9 Å². The largest absolute Gasteiger partial charge is 0.508 e. The second-order valence-corrected chi connectivity index (χ2v) is 5.61. The Bertz CT molecular complexity index is 228. The average Bonchev–Trinajstić information content (AvgIpc) is 2.42. The van der Waals surface area contributed by atoms with Gasteiger partial charge in [0, 0.05) is 0 Å². The molecule has 2 unspecified atom stereocenters. The predicted molar refractivity (Wildman–Crippen MR) is 84.0 cm³/mol. The first-order valence-corrected chi connectivity index (χ1v) is 8.49. The van der Waals surface area contributed by atoms with Crippen molar-refractivity contribution in [3.8, 4) is 0 Å². The maximum atomic E-state index is 11.4. The molecule has 0 bridgehead atoms. The minimum Gasteiger partial charge on any atom is -0.435 e. The van der Waals surface area contributed by atoms with Crippen LogP contribution in [0.15, 0.2) is 0 Å². The Kier molecular flexibility index (Phi) is 12.8. The van der Waals surface area contributed by atoms with Crippen molar-refractivity contribution < 1.29 is 14.3 Å². The van der Waals surface area contributed by atoms with Crippen LogP contribution in [-0.2, 0) is 9.47 Å². The van der Waals surface area contributed by atoms with E-state index in [9.17, 15) is 4.79 Å². The molecule has 2 atom stereocenters. The summed E-state index contributed by atoms with van der Waals surface area (Å²) in [5.41, 5.74) is 0. The first-order valence-electron chi connectivity index (χ1n) is 8.49. The lowest BCUT2D eigenvalue weighted by Gasteiger charge is -2.23. The zero-order valence-corrected chi connectivity index (χ0v) is 14.0. The van der Waals surface area contributed by atoms with Gasteiger partial charge < -0.3 is 9.47 Å². The van der Waals surface area contributed by atoms with E-state index in [2.05, 4.69) is 13.8 Å². The van der Waals surface area contributed by atoms with Crippen molar-refractivity contribution in [3.05, 3.63) is 0 Å². The van der Waals surface area contributed by atoms with Crippen molar-refractivity contribution in [2.24, 2.45) is 5.92 Å². The number of rotatable bonds is 12. The Morgan fingerprint density at radius 3 is 2.10 bits per heavy atom. The highest BCUT2D eigenvalue weighted by atomic mass is 16.7. The quantitative estimate of drug-likeness (QED) is 0.340. The highest BCUT2D eigenvalue weighted by molar-refractivity contribution is 5.60. The van der Waals surface area contributed by atoms with Crippen LogP contribution in [-0.4, -0.2) is 18.9 Å². The van der Waals surface area contributed by atoms with E-state index in [4.69, 9.17) is 9.47 Å². The molecule has 20 heavy (non-hydrogen) atoms. The second-order valence-electron chi connectivity index (χ2n) is 5.61. The van der Waals surface area contributed by atoms with Crippen LogP contribution in [0.3, 0.4) is 0 Å². The number of hydrogen-bond acceptors (Lipinski definition) is 3. The SMILES string of the molecule is CCCCCCCC(CCCC)C(C)OC(=O)OCC. The molecule has 3 heteroatoms. The summed E-state index contributed by atoms with van der Waals surface area (Å²) < 4.78 is 10.2. The Morgan fingerprint density at radius 1 is 0.900 bits per heavy atom. The van der Waals surface area contributed by atoms with Crippen LogP contribution in [0.25, 0.3) is 0 Å². The fourth-order valence-electron chi connectivity index (χ4n) is 2.49. The number of unbranched alkanes of at least 4 members (excludes halogenated alkanes) is 5. The van der Waals surface area contributed by atoms with Crippen LogP contribution < -0.4 is 0 Å². The topological polar surface area (TPSA) is 35.5 Å². The summed E-state index contributed by atoms with van der Waals surface area (Å²) in [6.45, 7) is 8.62. The lowest BCUT2D eigenvalue weighted by atomic mass is 9.91. The first-order chi connectivity index (χ1) is 9.65. The average molecular weight is 286 g/mol. The first kappa shape index (κ1) is 19.3. The molecular formula is C17H34O3. The molecule has 0 aromatic carbocycles. The summed E-state index contributed by atoms with van der Waals surface area (Å²) in [7, 11) is 0. The number of carbonyl (C=O) groups excluding carboxylic acids is 1. The van der Waals surface area contributed by atoms with Crippen molar-refractivity contribution in [3.63, 3.8) is 0 Å². The number of carbonyl (C=O) groups is 1. The Balaban J connectivity index is 4.06. The second kappa shape index (κ2) is 13.3.